The second-order valence-corrected chi connectivity index (χ2v) is 4.17. The normalized spacial score (nSPS) is 17.3. The van der Waals surface area contributed by atoms with E-state index in [-0.39, 0.29) is 39.1 Å². The number of hydrogen-bond acceptors (Lipinski definition) is 4. The van der Waals surface area contributed by atoms with Gasteiger partial charge in [-0.15, -0.1) is 0 Å². The maximum atomic E-state index is 11.6. The minimum absolute atomic E-state index is 0.154. The number of aliphatic carboxylic acids is 1. The molecule has 0 saturated carbocycles. The van der Waals surface area contributed by atoms with Crippen molar-refractivity contribution in [1.82, 2.24) is 16.0 Å². The minimum Gasteiger partial charge on any atom is -0.480 e. The van der Waals surface area contributed by atoms with Gasteiger partial charge in [-0.1, -0.05) is 0 Å². The van der Waals surface area contributed by atoms with E-state index >= 15 is 0 Å². The number of ether oxygens (including phenoxy) is 1. The van der Waals surface area contributed by atoms with Crippen LogP contribution in [0.1, 0.15) is 12.8 Å². The Kier molecular flexibility index (Phi) is 5.37. The van der Waals surface area contributed by atoms with Crippen molar-refractivity contribution in [3.8, 4) is 0 Å². The van der Waals surface area contributed by atoms with Crippen LogP contribution >= 0.6 is 0 Å². The standard InChI is InChI=1S/C10H18N4O5/c11-8(17)12-3-4-13-9(18)14-10(7(15)16)1-5-19-6-2-10/h1-6H2,(H,15,16)(H3,11,12,17)(H2,13,14,18). The van der Waals surface area contributed by atoms with Gasteiger partial charge in [-0.05, 0) is 0 Å². The van der Waals surface area contributed by atoms with Crippen LogP contribution in [0.2, 0.25) is 0 Å². The molecule has 1 aliphatic rings. The van der Waals surface area contributed by atoms with Crippen LogP contribution in [0.4, 0.5) is 9.59 Å². The smallest absolute Gasteiger partial charge is 0.329 e. The molecular formula is C10H18N4O5. The highest BCUT2D eigenvalue weighted by Crippen LogP contribution is 2.20. The summed E-state index contributed by atoms with van der Waals surface area (Å²) in [6, 6.07) is -1.29. The summed E-state index contributed by atoms with van der Waals surface area (Å²) in [5.74, 6) is -1.08. The first-order valence-electron chi connectivity index (χ1n) is 5.87. The molecule has 0 aromatic rings. The van der Waals surface area contributed by atoms with E-state index in [0.29, 0.717) is 0 Å². The Hall–Kier alpha value is -2.03. The fourth-order valence-corrected chi connectivity index (χ4v) is 1.74. The molecule has 108 valence electrons. The number of urea groups is 2. The van der Waals surface area contributed by atoms with Crippen LogP contribution in [-0.2, 0) is 9.53 Å². The molecule has 0 aromatic carbocycles. The Morgan fingerprint density at radius 1 is 1.16 bits per heavy atom. The zero-order chi connectivity index (χ0) is 14.3. The Balaban J connectivity index is 2.39. The van der Waals surface area contributed by atoms with Crippen LogP contribution < -0.4 is 21.7 Å². The second-order valence-electron chi connectivity index (χ2n) is 4.17. The monoisotopic (exact) mass is 274 g/mol. The lowest BCUT2D eigenvalue weighted by Crippen LogP contribution is -2.60. The Bertz CT molecular complexity index is 354. The highest BCUT2D eigenvalue weighted by Gasteiger charge is 2.41. The van der Waals surface area contributed by atoms with Gasteiger partial charge in [0.2, 0.25) is 0 Å². The second kappa shape index (κ2) is 6.78. The molecule has 0 radical (unpaired) electrons. The first-order valence-corrected chi connectivity index (χ1v) is 5.87. The zero-order valence-electron chi connectivity index (χ0n) is 10.4. The Morgan fingerprint density at radius 2 is 1.74 bits per heavy atom. The topological polar surface area (TPSA) is 143 Å². The summed E-state index contributed by atoms with van der Waals surface area (Å²) in [6.07, 6.45) is 0.435. The Labute approximate surface area is 109 Å². The van der Waals surface area contributed by atoms with Gasteiger partial charge in [0.25, 0.3) is 0 Å². The lowest BCUT2D eigenvalue weighted by Gasteiger charge is -2.33. The van der Waals surface area contributed by atoms with Crippen LogP contribution in [-0.4, -0.2) is 55.0 Å². The fraction of sp³-hybridized carbons (Fsp3) is 0.700. The van der Waals surface area contributed by atoms with Crippen molar-refractivity contribution in [3.05, 3.63) is 0 Å². The molecular weight excluding hydrogens is 256 g/mol. The van der Waals surface area contributed by atoms with E-state index in [1.54, 1.807) is 0 Å². The molecule has 1 heterocycles. The van der Waals surface area contributed by atoms with Gasteiger partial charge in [-0.25, -0.2) is 14.4 Å². The number of nitrogens with one attached hydrogen (secondary N) is 3. The number of nitrogens with two attached hydrogens (primary N) is 1. The SMILES string of the molecule is NC(=O)NCCNC(=O)NC1(C(=O)O)CCOCC1. The largest absolute Gasteiger partial charge is 0.480 e. The highest BCUT2D eigenvalue weighted by molar-refractivity contribution is 5.86. The quantitative estimate of drug-likeness (QED) is 0.391. The zero-order valence-corrected chi connectivity index (χ0v) is 10.4. The van der Waals surface area contributed by atoms with Crippen LogP contribution in [0.5, 0.6) is 0 Å². The summed E-state index contributed by atoms with van der Waals surface area (Å²) in [4.78, 5) is 33.2. The molecule has 1 aliphatic heterocycles. The van der Waals surface area contributed by atoms with Crippen molar-refractivity contribution in [2.45, 2.75) is 18.4 Å². The summed E-state index contributed by atoms with van der Waals surface area (Å²) in [7, 11) is 0. The number of carbonyl (C=O) groups is 3. The maximum absolute atomic E-state index is 11.6. The van der Waals surface area contributed by atoms with Crippen molar-refractivity contribution in [2.75, 3.05) is 26.3 Å². The van der Waals surface area contributed by atoms with Gasteiger partial charge < -0.3 is 31.5 Å². The molecule has 6 N–H and O–H groups in total. The van der Waals surface area contributed by atoms with Gasteiger partial charge in [0.1, 0.15) is 5.54 Å². The van der Waals surface area contributed by atoms with E-state index in [0.717, 1.165) is 0 Å². The maximum Gasteiger partial charge on any atom is 0.329 e. The summed E-state index contributed by atoms with van der Waals surface area (Å²) >= 11 is 0. The van der Waals surface area contributed by atoms with E-state index in [2.05, 4.69) is 16.0 Å². The lowest BCUT2D eigenvalue weighted by molar-refractivity contribution is -0.148. The number of primary amides is 1. The van der Waals surface area contributed by atoms with Crippen molar-refractivity contribution < 1.29 is 24.2 Å². The molecule has 1 saturated heterocycles. The number of carbonyl (C=O) groups excluding carboxylic acids is 2. The molecule has 0 atom stereocenters. The Morgan fingerprint density at radius 3 is 2.26 bits per heavy atom. The molecule has 0 unspecified atom stereocenters. The summed E-state index contributed by atoms with van der Waals surface area (Å²) in [5.41, 5.74) is 3.56. The molecule has 1 fully saturated rings. The van der Waals surface area contributed by atoms with Crippen LogP contribution in [0.3, 0.4) is 0 Å². The minimum atomic E-state index is -1.29. The number of rotatable bonds is 5. The number of hydrogen-bond donors (Lipinski definition) is 5. The van der Waals surface area contributed by atoms with E-state index in [1.807, 2.05) is 0 Å². The van der Waals surface area contributed by atoms with Crippen molar-refractivity contribution in [1.29, 1.82) is 0 Å². The predicted octanol–water partition coefficient (Wildman–Crippen LogP) is -1.41. The third-order valence-corrected chi connectivity index (χ3v) is 2.82. The van der Waals surface area contributed by atoms with E-state index in [9.17, 15) is 19.5 Å². The molecule has 19 heavy (non-hydrogen) atoms. The number of carboxylic acid groups (broad SMARTS) is 1. The molecule has 9 heteroatoms. The van der Waals surface area contributed by atoms with E-state index in [1.165, 1.54) is 0 Å². The number of amides is 4. The molecule has 0 bridgehead atoms. The molecule has 9 nitrogen and oxygen atoms in total. The van der Waals surface area contributed by atoms with Gasteiger partial charge in [-0.3, -0.25) is 0 Å². The van der Waals surface area contributed by atoms with Gasteiger partial charge in [-0.2, -0.15) is 0 Å². The fourth-order valence-electron chi connectivity index (χ4n) is 1.74. The van der Waals surface area contributed by atoms with E-state index in [4.69, 9.17) is 10.5 Å². The molecule has 0 spiro atoms. The lowest BCUT2D eigenvalue weighted by atomic mass is 9.90. The molecule has 0 aromatic heterocycles. The van der Waals surface area contributed by atoms with Crippen LogP contribution in [0.15, 0.2) is 0 Å². The van der Waals surface area contributed by atoms with Crippen molar-refractivity contribution >= 4 is 18.0 Å². The van der Waals surface area contributed by atoms with Gasteiger partial charge in [0, 0.05) is 39.1 Å². The van der Waals surface area contributed by atoms with Crippen molar-refractivity contribution in [2.24, 2.45) is 5.73 Å². The van der Waals surface area contributed by atoms with Crippen LogP contribution in [0, 0.1) is 0 Å². The van der Waals surface area contributed by atoms with Gasteiger partial charge in [0.05, 0.1) is 0 Å². The summed E-state index contributed by atoms with van der Waals surface area (Å²) in [6.45, 7) is 0.901. The molecule has 0 aliphatic carbocycles. The summed E-state index contributed by atoms with van der Waals surface area (Å²) < 4.78 is 5.08. The third-order valence-electron chi connectivity index (χ3n) is 2.82. The average molecular weight is 274 g/mol. The van der Waals surface area contributed by atoms with E-state index < -0.39 is 23.6 Å². The van der Waals surface area contributed by atoms with Gasteiger partial charge in [0.15, 0.2) is 0 Å². The number of carboxylic acids is 1. The third kappa shape index (κ3) is 4.62. The van der Waals surface area contributed by atoms with Crippen LogP contribution in [0.25, 0.3) is 0 Å². The van der Waals surface area contributed by atoms with Gasteiger partial charge >= 0.3 is 18.0 Å². The first-order chi connectivity index (χ1) is 8.96. The predicted molar refractivity (Wildman–Crippen MR) is 64.5 cm³/mol. The molecule has 1 rings (SSSR count). The summed E-state index contributed by atoms with van der Waals surface area (Å²) in [5, 5.41) is 16.4. The highest BCUT2D eigenvalue weighted by atomic mass is 16.5. The molecule has 4 amide bonds. The first kappa shape index (κ1) is 15.0. The van der Waals surface area contributed by atoms with Crippen molar-refractivity contribution in [3.63, 3.8) is 0 Å². The average Bonchev–Trinajstić information content (AvgIpc) is 2.35.